The van der Waals surface area contributed by atoms with Gasteiger partial charge in [0.25, 0.3) is 0 Å². The van der Waals surface area contributed by atoms with Crippen LogP contribution in [0.3, 0.4) is 0 Å². The first-order valence-electron chi connectivity index (χ1n) is 4.93. The van der Waals surface area contributed by atoms with E-state index in [0.717, 1.165) is 19.3 Å². The number of thiophene rings is 1. The molecule has 0 bridgehead atoms. The van der Waals surface area contributed by atoms with Gasteiger partial charge in [0.2, 0.25) is 0 Å². The highest BCUT2D eigenvalue weighted by Gasteiger charge is 2.31. The lowest BCUT2D eigenvalue weighted by Gasteiger charge is -2.12. The van der Waals surface area contributed by atoms with Gasteiger partial charge in [-0.3, -0.25) is 4.79 Å². The summed E-state index contributed by atoms with van der Waals surface area (Å²) in [5, 5.41) is 2.10. The van der Waals surface area contributed by atoms with Crippen molar-refractivity contribution in [1.29, 1.82) is 0 Å². The Labute approximate surface area is 96.6 Å². The summed E-state index contributed by atoms with van der Waals surface area (Å²) in [4.78, 5) is 12.8. The Bertz CT molecular complexity index is 345. The molecule has 0 spiro atoms. The summed E-state index contributed by atoms with van der Waals surface area (Å²) in [6.07, 6.45) is 2.92. The zero-order valence-electron chi connectivity index (χ0n) is 8.13. The maximum Gasteiger partial charge on any atom is 0.136 e. The number of hydrogen-bond donors (Lipinski definition) is 0. The number of hydrogen-bond acceptors (Lipinski definition) is 2. The van der Waals surface area contributed by atoms with Gasteiger partial charge in [0.05, 0.1) is 0 Å². The summed E-state index contributed by atoms with van der Waals surface area (Å²) >= 11 is 5.32. The van der Waals surface area contributed by atoms with Crippen LogP contribution in [-0.4, -0.2) is 5.78 Å². The van der Waals surface area contributed by atoms with Crippen molar-refractivity contribution in [2.75, 3.05) is 0 Å². The van der Waals surface area contributed by atoms with Gasteiger partial charge in [-0.2, -0.15) is 0 Å². The topological polar surface area (TPSA) is 17.1 Å². The minimum atomic E-state index is 0.268. The van der Waals surface area contributed by atoms with Crippen LogP contribution in [0.5, 0.6) is 0 Å². The summed E-state index contributed by atoms with van der Waals surface area (Å²) in [5.41, 5.74) is 0. The van der Waals surface area contributed by atoms with Crippen molar-refractivity contribution in [3.8, 4) is 0 Å². The Morgan fingerprint density at radius 2 is 2.43 bits per heavy atom. The molecular weight excluding hydrogens is 260 g/mol. The van der Waals surface area contributed by atoms with Crippen LogP contribution in [0.1, 0.15) is 24.6 Å². The third kappa shape index (κ3) is 1.94. The average molecular weight is 273 g/mol. The van der Waals surface area contributed by atoms with Gasteiger partial charge in [-0.1, -0.05) is 6.92 Å². The van der Waals surface area contributed by atoms with Crippen LogP contribution in [0.4, 0.5) is 0 Å². The van der Waals surface area contributed by atoms with Crippen molar-refractivity contribution >= 4 is 33.0 Å². The van der Waals surface area contributed by atoms with E-state index in [0.29, 0.717) is 11.7 Å². The Balaban J connectivity index is 2.05. The van der Waals surface area contributed by atoms with E-state index in [1.165, 1.54) is 9.35 Å². The van der Waals surface area contributed by atoms with Crippen molar-refractivity contribution in [2.24, 2.45) is 11.8 Å². The molecule has 2 atom stereocenters. The Morgan fingerprint density at radius 3 is 2.93 bits per heavy atom. The van der Waals surface area contributed by atoms with Gasteiger partial charge in [-0.15, -0.1) is 11.3 Å². The third-order valence-electron chi connectivity index (χ3n) is 3.12. The molecule has 1 nitrogen and oxygen atoms in total. The van der Waals surface area contributed by atoms with Crippen molar-refractivity contribution in [3.05, 3.63) is 20.8 Å². The first-order valence-corrected chi connectivity index (χ1v) is 6.60. The Hall–Kier alpha value is -0.150. The molecule has 0 radical (unpaired) electrons. The van der Waals surface area contributed by atoms with Crippen molar-refractivity contribution in [3.63, 3.8) is 0 Å². The molecule has 76 valence electrons. The molecular formula is C11H13BrOS. The number of carbonyl (C=O) groups excluding carboxylic acids is 1. The van der Waals surface area contributed by atoms with Crippen LogP contribution in [0, 0.1) is 11.8 Å². The van der Waals surface area contributed by atoms with Gasteiger partial charge in [-0.25, -0.2) is 0 Å². The van der Waals surface area contributed by atoms with Crippen molar-refractivity contribution < 1.29 is 4.79 Å². The van der Waals surface area contributed by atoms with Crippen molar-refractivity contribution in [1.82, 2.24) is 0 Å². The summed E-state index contributed by atoms with van der Waals surface area (Å²) < 4.78 is 1.20. The highest BCUT2D eigenvalue weighted by molar-refractivity contribution is 9.10. The highest BCUT2D eigenvalue weighted by Crippen LogP contribution is 2.34. The van der Waals surface area contributed by atoms with Crippen LogP contribution in [-0.2, 0) is 11.2 Å². The van der Waals surface area contributed by atoms with E-state index < -0.39 is 0 Å². The standard InChI is InChI=1S/C11H13BrOS/c1-7-8(2-3-10(7)13)6-11-9(12)4-5-14-11/h4-5,7-8H,2-3,6H2,1H3. The fraction of sp³-hybridized carbons (Fsp3) is 0.545. The molecule has 0 saturated heterocycles. The molecule has 1 heterocycles. The molecule has 1 saturated carbocycles. The normalized spacial score (nSPS) is 27.1. The molecule has 3 heteroatoms. The highest BCUT2D eigenvalue weighted by atomic mass is 79.9. The second kappa shape index (κ2) is 4.15. The molecule has 0 aliphatic heterocycles. The third-order valence-corrected chi connectivity index (χ3v) is 5.06. The van der Waals surface area contributed by atoms with Crippen LogP contribution in [0.15, 0.2) is 15.9 Å². The molecule has 0 amide bonds. The molecule has 1 aliphatic rings. The molecule has 1 aliphatic carbocycles. The molecule has 1 aromatic rings. The number of ketones is 1. The average Bonchev–Trinajstić information content (AvgIpc) is 2.68. The van der Waals surface area contributed by atoms with E-state index in [9.17, 15) is 4.79 Å². The summed E-state index contributed by atoms with van der Waals surface area (Å²) in [7, 11) is 0. The monoisotopic (exact) mass is 272 g/mol. The van der Waals surface area contributed by atoms with Gasteiger partial charge >= 0.3 is 0 Å². The molecule has 2 rings (SSSR count). The lowest BCUT2D eigenvalue weighted by Crippen LogP contribution is -2.12. The predicted octanol–water partition coefficient (Wildman–Crippen LogP) is 3.67. The molecule has 1 fully saturated rings. The fourth-order valence-electron chi connectivity index (χ4n) is 2.06. The van der Waals surface area contributed by atoms with Crippen LogP contribution in [0.2, 0.25) is 0 Å². The fourth-order valence-corrected chi connectivity index (χ4v) is 3.66. The van der Waals surface area contributed by atoms with E-state index >= 15 is 0 Å². The van der Waals surface area contributed by atoms with Gasteiger partial charge in [-0.05, 0) is 46.1 Å². The van der Waals surface area contributed by atoms with Crippen molar-refractivity contribution in [2.45, 2.75) is 26.2 Å². The molecule has 14 heavy (non-hydrogen) atoms. The molecule has 0 aromatic carbocycles. The van der Waals surface area contributed by atoms with E-state index in [1.807, 2.05) is 0 Å². The maximum atomic E-state index is 11.4. The van der Waals surface area contributed by atoms with Crippen LogP contribution < -0.4 is 0 Å². The van der Waals surface area contributed by atoms with Crippen LogP contribution >= 0.6 is 27.3 Å². The summed E-state index contributed by atoms with van der Waals surface area (Å²) in [6.45, 7) is 2.07. The smallest absolute Gasteiger partial charge is 0.136 e. The second-order valence-electron chi connectivity index (χ2n) is 3.95. The van der Waals surface area contributed by atoms with E-state index in [2.05, 4.69) is 34.3 Å². The predicted molar refractivity (Wildman–Crippen MR) is 62.6 cm³/mol. The number of carbonyl (C=O) groups is 1. The number of rotatable bonds is 2. The van der Waals surface area contributed by atoms with E-state index in [-0.39, 0.29) is 5.92 Å². The molecule has 0 N–H and O–H groups in total. The van der Waals surface area contributed by atoms with Gasteiger partial charge in [0.15, 0.2) is 0 Å². The SMILES string of the molecule is CC1C(=O)CCC1Cc1sccc1Br. The Morgan fingerprint density at radius 1 is 1.64 bits per heavy atom. The van der Waals surface area contributed by atoms with Gasteiger partial charge < -0.3 is 0 Å². The van der Waals surface area contributed by atoms with Gasteiger partial charge in [0, 0.05) is 21.7 Å². The molecule has 2 unspecified atom stereocenters. The summed E-state index contributed by atoms with van der Waals surface area (Å²) in [5.74, 6) is 1.28. The van der Waals surface area contributed by atoms with Crippen LogP contribution in [0.25, 0.3) is 0 Å². The zero-order chi connectivity index (χ0) is 10.1. The van der Waals surface area contributed by atoms with E-state index in [1.54, 1.807) is 11.3 Å². The first kappa shape index (κ1) is 10.4. The van der Waals surface area contributed by atoms with Gasteiger partial charge in [0.1, 0.15) is 5.78 Å². The quantitative estimate of drug-likeness (QED) is 0.803. The van der Waals surface area contributed by atoms with E-state index in [4.69, 9.17) is 0 Å². The lowest BCUT2D eigenvalue weighted by molar-refractivity contribution is -0.120. The lowest BCUT2D eigenvalue weighted by atomic mass is 9.94. The Kier molecular flexibility index (Phi) is 3.07. The first-order chi connectivity index (χ1) is 6.68. The number of Topliss-reactive ketones (excluding diaryl/α,β-unsaturated/α-hetero) is 1. The summed E-state index contributed by atoms with van der Waals surface area (Å²) in [6, 6.07) is 2.08. The second-order valence-corrected chi connectivity index (χ2v) is 5.80. The molecule has 1 aromatic heterocycles. The number of halogens is 1. The maximum absolute atomic E-state index is 11.4. The minimum Gasteiger partial charge on any atom is -0.299 e. The largest absolute Gasteiger partial charge is 0.299 e. The minimum absolute atomic E-state index is 0.268. The zero-order valence-corrected chi connectivity index (χ0v) is 10.5.